The molecule has 0 aromatic heterocycles. The number of sulfonamides is 1. The van der Waals surface area contributed by atoms with E-state index >= 15 is 0 Å². The summed E-state index contributed by atoms with van der Waals surface area (Å²) in [5.41, 5.74) is 0.226. The topological polar surface area (TPSA) is 66.5 Å². The van der Waals surface area contributed by atoms with Crippen molar-refractivity contribution in [2.24, 2.45) is 0 Å². The van der Waals surface area contributed by atoms with Gasteiger partial charge in [0.15, 0.2) is 0 Å². The SMILES string of the molecule is O=C(NCCCSc1ccccc1)c1ccccc1S(=O)(=O)N1CCCCC1. The molecule has 0 bridgehead atoms. The smallest absolute Gasteiger partial charge is 0.252 e. The van der Waals surface area contributed by atoms with Crippen molar-refractivity contribution in [3.63, 3.8) is 0 Å². The molecule has 1 saturated heterocycles. The van der Waals surface area contributed by atoms with Gasteiger partial charge in [0.05, 0.1) is 10.5 Å². The van der Waals surface area contributed by atoms with Crippen LogP contribution in [0.1, 0.15) is 36.0 Å². The number of carbonyl (C=O) groups excluding carboxylic acids is 1. The Morgan fingerprint density at radius 1 is 0.964 bits per heavy atom. The first-order valence-electron chi connectivity index (χ1n) is 9.64. The van der Waals surface area contributed by atoms with Crippen LogP contribution < -0.4 is 5.32 Å². The molecule has 1 fully saturated rings. The zero-order valence-corrected chi connectivity index (χ0v) is 17.5. The van der Waals surface area contributed by atoms with E-state index in [4.69, 9.17) is 0 Å². The summed E-state index contributed by atoms with van der Waals surface area (Å²) in [4.78, 5) is 13.9. The summed E-state index contributed by atoms with van der Waals surface area (Å²) < 4.78 is 27.5. The van der Waals surface area contributed by atoms with Gasteiger partial charge in [-0.2, -0.15) is 4.31 Å². The van der Waals surface area contributed by atoms with Crippen molar-refractivity contribution in [1.82, 2.24) is 9.62 Å². The maximum atomic E-state index is 13.0. The van der Waals surface area contributed by atoms with Crippen LogP contribution in [0.25, 0.3) is 0 Å². The molecule has 0 spiro atoms. The number of hydrogen-bond acceptors (Lipinski definition) is 4. The maximum absolute atomic E-state index is 13.0. The molecule has 28 heavy (non-hydrogen) atoms. The van der Waals surface area contributed by atoms with E-state index in [2.05, 4.69) is 17.4 Å². The van der Waals surface area contributed by atoms with Crippen molar-refractivity contribution < 1.29 is 13.2 Å². The lowest BCUT2D eigenvalue weighted by atomic mass is 10.2. The molecule has 2 aromatic carbocycles. The van der Waals surface area contributed by atoms with Crippen LogP contribution in [-0.4, -0.2) is 44.0 Å². The first kappa shape index (κ1) is 20.9. The Hall–Kier alpha value is -1.83. The normalized spacial score (nSPS) is 15.3. The summed E-state index contributed by atoms with van der Waals surface area (Å²) in [6, 6.07) is 16.6. The summed E-state index contributed by atoms with van der Waals surface area (Å²) in [5, 5.41) is 2.87. The Bertz CT molecular complexity index is 880. The monoisotopic (exact) mass is 418 g/mol. The second-order valence-corrected chi connectivity index (χ2v) is 9.81. The van der Waals surface area contributed by atoms with E-state index in [9.17, 15) is 13.2 Å². The second-order valence-electron chi connectivity index (χ2n) is 6.73. The minimum Gasteiger partial charge on any atom is -0.352 e. The molecule has 1 aliphatic heterocycles. The third kappa shape index (κ3) is 5.37. The molecule has 0 saturated carbocycles. The molecule has 1 heterocycles. The van der Waals surface area contributed by atoms with Crippen molar-refractivity contribution in [3.05, 3.63) is 60.2 Å². The fourth-order valence-electron chi connectivity index (χ4n) is 3.20. The van der Waals surface area contributed by atoms with Gasteiger partial charge < -0.3 is 5.32 Å². The molecule has 0 unspecified atom stereocenters. The van der Waals surface area contributed by atoms with Gasteiger partial charge >= 0.3 is 0 Å². The quantitative estimate of drug-likeness (QED) is 0.523. The van der Waals surface area contributed by atoms with Gasteiger partial charge in [-0.25, -0.2) is 8.42 Å². The lowest BCUT2D eigenvalue weighted by Crippen LogP contribution is -2.37. The van der Waals surface area contributed by atoms with Crippen LogP contribution in [0.15, 0.2) is 64.4 Å². The Morgan fingerprint density at radius 2 is 1.64 bits per heavy atom. The molecule has 0 atom stereocenters. The van der Waals surface area contributed by atoms with Crippen LogP contribution in [0.2, 0.25) is 0 Å². The van der Waals surface area contributed by atoms with Gasteiger partial charge in [0.25, 0.3) is 5.91 Å². The highest BCUT2D eigenvalue weighted by atomic mass is 32.2. The largest absolute Gasteiger partial charge is 0.352 e. The summed E-state index contributed by atoms with van der Waals surface area (Å²) in [6.07, 6.45) is 3.60. The molecule has 7 heteroatoms. The van der Waals surface area contributed by atoms with E-state index < -0.39 is 10.0 Å². The molecule has 0 radical (unpaired) electrons. The number of amides is 1. The van der Waals surface area contributed by atoms with Gasteiger partial charge in [-0.15, -0.1) is 11.8 Å². The van der Waals surface area contributed by atoms with Gasteiger partial charge in [-0.1, -0.05) is 36.8 Å². The summed E-state index contributed by atoms with van der Waals surface area (Å²) in [6.45, 7) is 1.56. The second kappa shape index (κ2) is 10.1. The van der Waals surface area contributed by atoms with Crippen molar-refractivity contribution in [2.45, 2.75) is 35.5 Å². The number of nitrogens with one attached hydrogen (secondary N) is 1. The number of rotatable bonds is 8. The lowest BCUT2D eigenvalue weighted by Gasteiger charge is -2.26. The molecular formula is C21H26N2O3S2. The molecule has 3 rings (SSSR count). The fourth-order valence-corrected chi connectivity index (χ4v) is 5.78. The van der Waals surface area contributed by atoms with Crippen LogP contribution in [0.3, 0.4) is 0 Å². The van der Waals surface area contributed by atoms with Crippen molar-refractivity contribution in [2.75, 3.05) is 25.4 Å². The summed E-state index contributed by atoms with van der Waals surface area (Å²) in [7, 11) is -3.64. The van der Waals surface area contributed by atoms with Crippen molar-refractivity contribution in [3.8, 4) is 0 Å². The third-order valence-electron chi connectivity index (χ3n) is 4.68. The van der Waals surface area contributed by atoms with Gasteiger partial charge in [0.1, 0.15) is 0 Å². The number of piperidine rings is 1. The summed E-state index contributed by atoms with van der Waals surface area (Å²) in [5.74, 6) is 0.554. The number of thioether (sulfide) groups is 1. The van der Waals surface area contributed by atoms with E-state index in [1.807, 2.05) is 18.2 Å². The minimum atomic E-state index is -3.64. The first-order chi connectivity index (χ1) is 13.6. The average molecular weight is 419 g/mol. The van der Waals surface area contributed by atoms with Crippen LogP contribution >= 0.6 is 11.8 Å². The van der Waals surface area contributed by atoms with Crippen LogP contribution in [0, 0.1) is 0 Å². The number of carbonyl (C=O) groups is 1. The molecule has 5 nitrogen and oxygen atoms in total. The molecule has 0 aliphatic carbocycles. The standard InChI is InChI=1S/C21H26N2O3S2/c24-21(22-14-9-17-27-18-10-3-1-4-11-18)19-12-5-6-13-20(19)28(25,26)23-15-7-2-8-16-23/h1,3-6,10-13H,2,7-9,14-17H2,(H,22,24). The average Bonchev–Trinajstić information content (AvgIpc) is 2.75. The van der Waals surface area contributed by atoms with E-state index in [1.165, 1.54) is 15.3 Å². The Balaban J connectivity index is 1.58. The van der Waals surface area contributed by atoms with Crippen LogP contribution in [0.5, 0.6) is 0 Å². The van der Waals surface area contributed by atoms with E-state index in [0.29, 0.717) is 19.6 Å². The predicted octanol–water partition coefficient (Wildman–Crippen LogP) is 3.77. The molecule has 1 aliphatic rings. The van der Waals surface area contributed by atoms with Crippen LogP contribution in [-0.2, 0) is 10.0 Å². The minimum absolute atomic E-state index is 0.105. The lowest BCUT2D eigenvalue weighted by molar-refractivity contribution is 0.0950. The highest BCUT2D eigenvalue weighted by Crippen LogP contribution is 2.23. The van der Waals surface area contributed by atoms with Crippen molar-refractivity contribution in [1.29, 1.82) is 0 Å². The first-order valence-corrected chi connectivity index (χ1v) is 12.1. The van der Waals surface area contributed by atoms with Crippen LogP contribution in [0.4, 0.5) is 0 Å². The van der Waals surface area contributed by atoms with E-state index in [1.54, 1.807) is 30.0 Å². The van der Waals surface area contributed by atoms with Gasteiger partial charge in [-0.3, -0.25) is 4.79 Å². The Morgan fingerprint density at radius 3 is 2.39 bits per heavy atom. The number of hydrogen-bond donors (Lipinski definition) is 1. The predicted molar refractivity (Wildman–Crippen MR) is 113 cm³/mol. The highest BCUT2D eigenvalue weighted by Gasteiger charge is 2.29. The van der Waals surface area contributed by atoms with Crippen molar-refractivity contribution >= 4 is 27.7 Å². The van der Waals surface area contributed by atoms with Gasteiger partial charge in [0.2, 0.25) is 10.0 Å². The maximum Gasteiger partial charge on any atom is 0.252 e. The van der Waals surface area contributed by atoms with Gasteiger partial charge in [0, 0.05) is 24.5 Å². The molecule has 1 N–H and O–H groups in total. The van der Waals surface area contributed by atoms with E-state index in [0.717, 1.165) is 31.4 Å². The zero-order valence-electron chi connectivity index (χ0n) is 15.8. The number of benzene rings is 2. The van der Waals surface area contributed by atoms with E-state index in [-0.39, 0.29) is 16.4 Å². The third-order valence-corrected chi connectivity index (χ3v) is 7.74. The molecule has 1 amide bonds. The molecular weight excluding hydrogens is 392 g/mol. The highest BCUT2D eigenvalue weighted by molar-refractivity contribution is 7.99. The van der Waals surface area contributed by atoms with Gasteiger partial charge in [-0.05, 0) is 49.3 Å². The molecule has 2 aromatic rings. The zero-order chi connectivity index (χ0) is 19.8. The Labute approximate surface area is 171 Å². The molecule has 150 valence electrons. The fraction of sp³-hybridized carbons (Fsp3) is 0.381. The number of nitrogens with zero attached hydrogens (tertiary/aromatic N) is 1. The summed E-state index contributed by atoms with van der Waals surface area (Å²) >= 11 is 1.74. The Kier molecular flexibility index (Phi) is 7.53.